The molecule has 0 aliphatic carbocycles. The fraction of sp³-hybridized carbons (Fsp3) is 0.438. The summed E-state index contributed by atoms with van der Waals surface area (Å²) in [6.45, 7) is 3.70. The fourth-order valence-corrected chi connectivity index (χ4v) is 2.62. The first-order valence-corrected chi connectivity index (χ1v) is 6.99. The number of nitrogens with zero attached hydrogens (tertiary/aromatic N) is 1. The molecule has 1 heterocycles. The van der Waals surface area contributed by atoms with Crippen molar-refractivity contribution in [3.8, 4) is 0 Å². The Hall–Kier alpha value is -1.88. The molecule has 1 aliphatic rings. The molecule has 0 saturated carbocycles. The highest BCUT2D eigenvalue weighted by molar-refractivity contribution is 5.85. The number of piperidine rings is 1. The monoisotopic (exact) mass is 293 g/mol. The zero-order valence-electron chi connectivity index (χ0n) is 12.3. The number of carboxylic acids is 1. The van der Waals surface area contributed by atoms with Gasteiger partial charge in [-0.05, 0) is 42.2 Å². The lowest BCUT2D eigenvalue weighted by Gasteiger charge is -2.37. The molecule has 2 unspecified atom stereocenters. The Morgan fingerprint density at radius 3 is 2.90 bits per heavy atom. The maximum absolute atomic E-state index is 13.7. The van der Waals surface area contributed by atoms with E-state index < -0.39 is 5.97 Å². The molecular formula is C16H20FNO3. The van der Waals surface area contributed by atoms with Crippen LogP contribution in [0, 0.1) is 11.7 Å². The standard InChI is InChI=1S/C16H20FNO3/c1-11-5-6-18(10-15(11)21-2)14-8-12(3-4-16(19)20)7-13(17)9-14/h3-4,7-9,11,15H,5-6,10H2,1-2H3,(H,19,20)/b4-3+. The molecule has 0 amide bonds. The molecule has 5 heteroatoms. The van der Waals surface area contributed by atoms with Crippen molar-refractivity contribution < 1.29 is 19.0 Å². The summed E-state index contributed by atoms with van der Waals surface area (Å²) in [6, 6.07) is 4.59. The first kappa shape index (κ1) is 15.5. The SMILES string of the molecule is COC1CN(c2cc(F)cc(/C=C/C(=O)O)c2)CCC1C. The molecule has 1 N–H and O–H groups in total. The predicted octanol–water partition coefficient (Wildman–Crippen LogP) is 2.78. The molecule has 21 heavy (non-hydrogen) atoms. The van der Waals surface area contributed by atoms with Gasteiger partial charge in [-0.3, -0.25) is 0 Å². The first-order valence-electron chi connectivity index (χ1n) is 6.99. The van der Waals surface area contributed by atoms with Gasteiger partial charge in [-0.25, -0.2) is 9.18 Å². The summed E-state index contributed by atoms with van der Waals surface area (Å²) in [4.78, 5) is 12.6. The van der Waals surface area contributed by atoms with Gasteiger partial charge in [0.1, 0.15) is 5.82 Å². The van der Waals surface area contributed by atoms with Crippen LogP contribution in [0.15, 0.2) is 24.3 Å². The Morgan fingerprint density at radius 1 is 1.48 bits per heavy atom. The number of methoxy groups -OCH3 is 1. The third-order valence-electron chi connectivity index (χ3n) is 3.88. The van der Waals surface area contributed by atoms with Crippen molar-refractivity contribution in [2.45, 2.75) is 19.4 Å². The molecule has 0 spiro atoms. The van der Waals surface area contributed by atoms with Gasteiger partial charge in [0.2, 0.25) is 0 Å². The van der Waals surface area contributed by atoms with Crippen LogP contribution in [0.5, 0.6) is 0 Å². The minimum Gasteiger partial charge on any atom is -0.478 e. The van der Waals surface area contributed by atoms with E-state index in [0.29, 0.717) is 18.0 Å². The van der Waals surface area contributed by atoms with Crippen LogP contribution in [0.1, 0.15) is 18.9 Å². The molecular weight excluding hydrogens is 273 g/mol. The molecule has 1 aliphatic heterocycles. The smallest absolute Gasteiger partial charge is 0.328 e. The highest BCUT2D eigenvalue weighted by atomic mass is 19.1. The van der Waals surface area contributed by atoms with Crippen LogP contribution in [-0.2, 0) is 9.53 Å². The molecule has 114 valence electrons. The minimum atomic E-state index is -1.05. The number of hydrogen-bond donors (Lipinski definition) is 1. The van der Waals surface area contributed by atoms with Gasteiger partial charge >= 0.3 is 5.97 Å². The number of anilines is 1. The molecule has 0 aromatic heterocycles. The summed E-state index contributed by atoms with van der Waals surface area (Å²) < 4.78 is 19.2. The van der Waals surface area contributed by atoms with Crippen LogP contribution in [0.2, 0.25) is 0 Å². The van der Waals surface area contributed by atoms with Crippen LogP contribution in [-0.4, -0.2) is 37.4 Å². The van der Waals surface area contributed by atoms with Gasteiger partial charge in [0, 0.05) is 32.0 Å². The largest absolute Gasteiger partial charge is 0.478 e. The lowest BCUT2D eigenvalue weighted by Crippen LogP contribution is -2.44. The van der Waals surface area contributed by atoms with E-state index in [9.17, 15) is 9.18 Å². The number of benzene rings is 1. The lowest BCUT2D eigenvalue weighted by molar-refractivity contribution is -0.131. The summed E-state index contributed by atoms with van der Waals surface area (Å²) in [5.41, 5.74) is 1.30. The van der Waals surface area contributed by atoms with Gasteiger partial charge in [-0.15, -0.1) is 0 Å². The van der Waals surface area contributed by atoms with Crippen LogP contribution >= 0.6 is 0 Å². The maximum atomic E-state index is 13.7. The Labute approximate surface area is 123 Å². The van der Waals surface area contributed by atoms with Crippen LogP contribution in [0.3, 0.4) is 0 Å². The summed E-state index contributed by atoms with van der Waals surface area (Å²) in [7, 11) is 1.69. The van der Waals surface area contributed by atoms with Crippen molar-refractivity contribution in [3.05, 3.63) is 35.7 Å². The van der Waals surface area contributed by atoms with E-state index in [1.54, 1.807) is 13.2 Å². The van der Waals surface area contributed by atoms with E-state index in [4.69, 9.17) is 9.84 Å². The van der Waals surface area contributed by atoms with E-state index in [2.05, 4.69) is 11.8 Å². The van der Waals surface area contributed by atoms with Crippen molar-refractivity contribution in [3.63, 3.8) is 0 Å². The molecule has 0 radical (unpaired) electrons. The second kappa shape index (κ2) is 6.72. The third-order valence-corrected chi connectivity index (χ3v) is 3.88. The van der Waals surface area contributed by atoms with Crippen molar-refractivity contribution in [2.24, 2.45) is 5.92 Å². The van der Waals surface area contributed by atoms with Gasteiger partial charge in [0.05, 0.1) is 6.10 Å². The zero-order valence-corrected chi connectivity index (χ0v) is 12.3. The summed E-state index contributed by atoms with van der Waals surface area (Å²) >= 11 is 0. The third kappa shape index (κ3) is 4.04. The zero-order chi connectivity index (χ0) is 15.4. The van der Waals surface area contributed by atoms with Crippen molar-refractivity contribution in [1.29, 1.82) is 0 Å². The quantitative estimate of drug-likeness (QED) is 0.867. The topological polar surface area (TPSA) is 49.8 Å². The number of ether oxygens (including phenoxy) is 1. The summed E-state index contributed by atoms with van der Waals surface area (Å²) in [5.74, 6) is -0.941. The Morgan fingerprint density at radius 2 is 2.24 bits per heavy atom. The highest BCUT2D eigenvalue weighted by Crippen LogP contribution is 2.26. The highest BCUT2D eigenvalue weighted by Gasteiger charge is 2.26. The maximum Gasteiger partial charge on any atom is 0.328 e. The second-order valence-electron chi connectivity index (χ2n) is 5.40. The second-order valence-corrected chi connectivity index (χ2v) is 5.40. The van der Waals surface area contributed by atoms with E-state index in [1.165, 1.54) is 18.2 Å². The van der Waals surface area contributed by atoms with Crippen molar-refractivity contribution in [1.82, 2.24) is 0 Å². The van der Waals surface area contributed by atoms with Crippen LogP contribution < -0.4 is 4.90 Å². The summed E-state index contributed by atoms with van der Waals surface area (Å²) in [6.07, 6.45) is 3.51. The fourth-order valence-electron chi connectivity index (χ4n) is 2.62. The number of hydrogen-bond acceptors (Lipinski definition) is 3. The van der Waals surface area contributed by atoms with E-state index in [0.717, 1.165) is 24.7 Å². The van der Waals surface area contributed by atoms with Gasteiger partial charge in [0.15, 0.2) is 0 Å². The number of aliphatic carboxylic acids is 1. The average Bonchev–Trinajstić information content (AvgIpc) is 2.45. The molecule has 1 fully saturated rings. The van der Waals surface area contributed by atoms with Gasteiger partial charge in [-0.2, -0.15) is 0 Å². The van der Waals surface area contributed by atoms with E-state index in [-0.39, 0.29) is 11.9 Å². The number of halogens is 1. The number of rotatable bonds is 4. The van der Waals surface area contributed by atoms with Crippen LogP contribution in [0.4, 0.5) is 10.1 Å². The molecule has 2 rings (SSSR count). The molecule has 1 saturated heterocycles. The van der Waals surface area contributed by atoms with Crippen molar-refractivity contribution in [2.75, 3.05) is 25.1 Å². The molecule has 1 aromatic carbocycles. The Balaban J connectivity index is 2.21. The van der Waals surface area contributed by atoms with E-state index in [1.807, 2.05) is 0 Å². The summed E-state index contributed by atoms with van der Waals surface area (Å²) in [5, 5.41) is 8.65. The average molecular weight is 293 g/mol. The minimum absolute atomic E-state index is 0.125. The predicted molar refractivity (Wildman–Crippen MR) is 79.9 cm³/mol. The van der Waals surface area contributed by atoms with Crippen LogP contribution in [0.25, 0.3) is 6.08 Å². The lowest BCUT2D eigenvalue weighted by atomic mass is 9.95. The number of carboxylic acid groups (broad SMARTS) is 1. The molecule has 0 bridgehead atoms. The van der Waals surface area contributed by atoms with E-state index >= 15 is 0 Å². The molecule has 1 aromatic rings. The molecule has 2 atom stereocenters. The van der Waals surface area contributed by atoms with Crippen molar-refractivity contribution >= 4 is 17.7 Å². The Bertz CT molecular complexity index is 544. The van der Waals surface area contributed by atoms with Gasteiger partial charge < -0.3 is 14.7 Å². The normalized spacial score (nSPS) is 22.7. The first-order chi connectivity index (χ1) is 9.99. The number of carbonyl (C=O) groups is 1. The van der Waals surface area contributed by atoms with Gasteiger partial charge in [-0.1, -0.05) is 6.92 Å². The molecule has 4 nitrogen and oxygen atoms in total. The van der Waals surface area contributed by atoms with Gasteiger partial charge in [0.25, 0.3) is 0 Å². The Kier molecular flexibility index (Phi) is 4.96.